The number of hydrogen-bond acceptors (Lipinski definition) is 4. The Morgan fingerprint density at radius 2 is 1.77 bits per heavy atom. The number of para-hydroxylation sites is 1. The molecule has 132 valence electrons. The molecule has 0 saturated carbocycles. The fourth-order valence-electron chi connectivity index (χ4n) is 2.46. The molecule has 3 N–H and O–H groups in total. The highest BCUT2D eigenvalue weighted by atomic mass is 32.2. The third-order valence-corrected chi connectivity index (χ3v) is 5.06. The molecule has 1 heterocycles. The Morgan fingerprint density at radius 1 is 1.04 bits per heavy atom. The van der Waals surface area contributed by atoms with E-state index in [9.17, 15) is 9.90 Å². The molecule has 3 aromatic rings. The number of anilines is 1. The van der Waals surface area contributed by atoms with Crippen molar-refractivity contribution < 1.29 is 14.5 Å². The summed E-state index contributed by atoms with van der Waals surface area (Å²) in [6.45, 7) is -0.180. The number of rotatable bonds is 6. The Balaban J connectivity index is 1.75. The summed E-state index contributed by atoms with van der Waals surface area (Å²) in [6.07, 6.45) is 1.99. The number of aliphatic hydroxyl groups is 1. The summed E-state index contributed by atoms with van der Waals surface area (Å²) in [5.74, 6) is -0.292. The predicted octanol–water partition coefficient (Wildman–Crippen LogP) is 2.91. The van der Waals surface area contributed by atoms with Gasteiger partial charge < -0.3 is 5.11 Å². The molecule has 0 spiro atoms. The minimum absolute atomic E-state index is 0.180. The van der Waals surface area contributed by atoms with Crippen LogP contribution in [0.2, 0.25) is 0 Å². The molecule has 0 saturated heterocycles. The van der Waals surface area contributed by atoms with Crippen LogP contribution in [0.1, 0.15) is 15.9 Å². The molecule has 1 aromatic heterocycles. The lowest BCUT2D eigenvalue weighted by Crippen LogP contribution is -2.31. The van der Waals surface area contributed by atoms with Crippen molar-refractivity contribution in [1.82, 2.24) is 5.43 Å². The molecule has 0 fully saturated rings. The van der Waals surface area contributed by atoms with Crippen LogP contribution in [0, 0.1) is 0 Å². The van der Waals surface area contributed by atoms with Crippen molar-refractivity contribution in [1.29, 1.82) is 0 Å². The summed E-state index contributed by atoms with van der Waals surface area (Å²) in [5.41, 5.74) is 7.54. The number of aryl methyl sites for hydroxylation is 1. The van der Waals surface area contributed by atoms with Gasteiger partial charge in [0.05, 0.1) is 12.3 Å². The first kappa shape index (κ1) is 18.0. The van der Waals surface area contributed by atoms with E-state index >= 15 is 0 Å². The van der Waals surface area contributed by atoms with Crippen LogP contribution in [0.5, 0.6) is 0 Å². The third kappa shape index (κ3) is 4.22. The first-order chi connectivity index (χ1) is 12.7. The van der Waals surface area contributed by atoms with Gasteiger partial charge in [0.15, 0.2) is 6.20 Å². The Bertz CT molecular complexity index is 915. The molecule has 0 bridgehead atoms. The molecule has 0 radical (unpaired) electrons. The molecule has 1 amide bonds. The molecule has 3 rings (SSSR count). The number of aromatic nitrogens is 1. The van der Waals surface area contributed by atoms with Gasteiger partial charge in [-0.3, -0.25) is 15.6 Å². The Kier molecular flexibility index (Phi) is 5.88. The standard InChI is InChI=1S/C20H19N3O2S/c1-23-13-7-6-12-19(23)26-18-11-5-4-10-17(18)21-22-20(25)16-9-3-2-8-15(16)14-24/h2-13,21,24H,14H2,1H3/p+1. The average molecular weight is 366 g/mol. The molecule has 0 aliphatic rings. The lowest BCUT2D eigenvalue weighted by atomic mass is 10.1. The SMILES string of the molecule is C[n+]1ccccc1Sc1ccccc1NNC(=O)c1ccccc1CO. The molecular formula is C20H20N3O2S+. The summed E-state index contributed by atoms with van der Waals surface area (Å²) in [6, 6.07) is 20.8. The zero-order chi connectivity index (χ0) is 18.4. The largest absolute Gasteiger partial charge is 0.392 e. The second kappa shape index (κ2) is 8.51. The van der Waals surface area contributed by atoms with Crippen molar-refractivity contribution in [2.24, 2.45) is 7.05 Å². The summed E-state index contributed by atoms with van der Waals surface area (Å²) in [5, 5.41) is 10.5. The van der Waals surface area contributed by atoms with Gasteiger partial charge in [0.25, 0.3) is 5.91 Å². The number of benzene rings is 2. The second-order valence-electron chi connectivity index (χ2n) is 5.64. The summed E-state index contributed by atoms with van der Waals surface area (Å²) in [7, 11) is 1.99. The van der Waals surface area contributed by atoms with E-state index in [2.05, 4.69) is 10.9 Å². The van der Waals surface area contributed by atoms with Crippen molar-refractivity contribution in [3.05, 3.63) is 84.1 Å². The van der Waals surface area contributed by atoms with Crippen molar-refractivity contribution in [2.75, 3.05) is 5.43 Å². The number of carbonyl (C=O) groups is 1. The highest BCUT2D eigenvalue weighted by Gasteiger charge is 2.13. The maximum atomic E-state index is 12.4. The maximum Gasteiger partial charge on any atom is 0.269 e. The number of hydrazine groups is 1. The van der Waals surface area contributed by atoms with Crippen LogP contribution in [-0.2, 0) is 13.7 Å². The van der Waals surface area contributed by atoms with E-state index in [0.29, 0.717) is 11.1 Å². The highest BCUT2D eigenvalue weighted by Crippen LogP contribution is 2.31. The van der Waals surface area contributed by atoms with Crippen LogP contribution in [0.3, 0.4) is 0 Å². The summed E-state index contributed by atoms with van der Waals surface area (Å²) >= 11 is 1.61. The van der Waals surface area contributed by atoms with Gasteiger partial charge in [-0.2, -0.15) is 4.57 Å². The van der Waals surface area contributed by atoms with E-state index in [0.717, 1.165) is 15.6 Å². The lowest BCUT2D eigenvalue weighted by molar-refractivity contribution is -0.708. The number of nitrogens with one attached hydrogen (secondary N) is 2. The molecule has 5 nitrogen and oxygen atoms in total. The van der Waals surface area contributed by atoms with Crippen molar-refractivity contribution in [2.45, 2.75) is 16.5 Å². The number of carbonyl (C=O) groups excluding carboxylic acids is 1. The maximum absolute atomic E-state index is 12.4. The van der Waals surface area contributed by atoms with E-state index in [1.165, 1.54) is 0 Å². The second-order valence-corrected chi connectivity index (χ2v) is 6.70. The van der Waals surface area contributed by atoms with E-state index in [1.54, 1.807) is 36.0 Å². The minimum Gasteiger partial charge on any atom is -0.392 e. The molecule has 0 aliphatic carbocycles. The van der Waals surface area contributed by atoms with Gasteiger partial charge in [0.2, 0.25) is 5.03 Å². The zero-order valence-corrected chi connectivity index (χ0v) is 15.2. The third-order valence-electron chi connectivity index (χ3n) is 3.85. The van der Waals surface area contributed by atoms with Crippen LogP contribution in [0.25, 0.3) is 0 Å². The number of amides is 1. The topological polar surface area (TPSA) is 65.2 Å². The monoisotopic (exact) mass is 366 g/mol. The zero-order valence-electron chi connectivity index (χ0n) is 14.3. The number of hydrogen-bond donors (Lipinski definition) is 3. The first-order valence-corrected chi connectivity index (χ1v) is 8.97. The van der Waals surface area contributed by atoms with Gasteiger partial charge in [0.1, 0.15) is 7.05 Å². The minimum atomic E-state index is -0.292. The van der Waals surface area contributed by atoms with Gasteiger partial charge in [0, 0.05) is 22.6 Å². The van der Waals surface area contributed by atoms with Crippen LogP contribution < -0.4 is 15.4 Å². The van der Waals surface area contributed by atoms with Gasteiger partial charge >= 0.3 is 0 Å². The normalized spacial score (nSPS) is 10.4. The first-order valence-electron chi connectivity index (χ1n) is 8.15. The highest BCUT2D eigenvalue weighted by molar-refractivity contribution is 7.99. The van der Waals surface area contributed by atoms with Gasteiger partial charge in [-0.05, 0) is 41.6 Å². The number of nitrogens with zero attached hydrogens (tertiary/aromatic N) is 1. The molecule has 2 aromatic carbocycles. The quantitative estimate of drug-likeness (QED) is 0.464. The van der Waals surface area contributed by atoms with Gasteiger partial charge in [-0.1, -0.05) is 30.3 Å². The smallest absolute Gasteiger partial charge is 0.269 e. The lowest BCUT2D eigenvalue weighted by Gasteiger charge is -2.13. The van der Waals surface area contributed by atoms with Crippen LogP contribution in [0.15, 0.2) is 82.8 Å². The molecule has 26 heavy (non-hydrogen) atoms. The van der Waals surface area contributed by atoms with Crippen LogP contribution in [0.4, 0.5) is 5.69 Å². The van der Waals surface area contributed by atoms with E-state index in [-0.39, 0.29) is 12.5 Å². The van der Waals surface area contributed by atoms with E-state index < -0.39 is 0 Å². The molecule has 0 aliphatic heterocycles. The van der Waals surface area contributed by atoms with Crippen molar-refractivity contribution >= 4 is 23.4 Å². The molecule has 0 unspecified atom stereocenters. The fraction of sp³-hybridized carbons (Fsp3) is 0.100. The van der Waals surface area contributed by atoms with Crippen molar-refractivity contribution in [3.8, 4) is 0 Å². The summed E-state index contributed by atoms with van der Waals surface area (Å²) < 4.78 is 2.04. The van der Waals surface area contributed by atoms with E-state index in [4.69, 9.17) is 0 Å². The molecular weight excluding hydrogens is 346 g/mol. The van der Waals surface area contributed by atoms with Crippen LogP contribution in [-0.4, -0.2) is 11.0 Å². The Hall–Kier alpha value is -2.83. The average Bonchev–Trinajstić information content (AvgIpc) is 2.68. The predicted molar refractivity (Wildman–Crippen MR) is 102 cm³/mol. The van der Waals surface area contributed by atoms with Gasteiger partial charge in [-0.25, -0.2) is 0 Å². The Morgan fingerprint density at radius 3 is 2.58 bits per heavy atom. The van der Waals surface area contributed by atoms with E-state index in [1.807, 2.05) is 60.3 Å². The molecule has 6 heteroatoms. The van der Waals surface area contributed by atoms with Crippen molar-refractivity contribution in [3.63, 3.8) is 0 Å². The number of pyridine rings is 1. The van der Waals surface area contributed by atoms with Crippen LogP contribution >= 0.6 is 11.8 Å². The fourth-order valence-corrected chi connectivity index (χ4v) is 3.41. The van der Waals surface area contributed by atoms with Gasteiger partial charge in [-0.15, -0.1) is 0 Å². The summed E-state index contributed by atoms with van der Waals surface area (Å²) in [4.78, 5) is 13.4. The molecule has 0 atom stereocenters. The number of aliphatic hydroxyl groups excluding tert-OH is 1. The Labute approximate surface area is 156 Å².